The van der Waals surface area contributed by atoms with Crippen LogP contribution in [-0.4, -0.2) is 56.4 Å². The molecule has 6 heteroatoms. The molecule has 1 unspecified atom stereocenters. The molecule has 0 spiro atoms. The van der Waals surface area contributed by atoms with Crippen LogP contribution in [0.5, 0.6) is 0 Å². The number of hydrogen-bond donors (Lipinski definition) is 2. The van der Waals surface area contributed by atoms with Gasteiger partial charge in [0.2, 0.25) is 0 Å². The summed E-state index contributed by atoms with van der Waals surface area (Å²) in [4.78, 5) is 14.2. The smallest absolute Gasteiger partial charge is 0.314 e. The van der Waals surface area contributed by atoms with Crippen molar-refractivity contribution >= 4 is 6.03 Å². The second kappa shape index (κ2) is 9.59. The Bertz CT molecular complexity index is 507. The molecule has 0 radical (unpaired) electrons. The number of morpholine rings is 1. The molecule has 1 aromatic rings. The predicted molar refractivity (Wildman–Crippen MR) is 92.5 cm³/mol. The van der Waals surface area contributed by atoms with Crippen LogP contribution >= 0.6 is 0 Å². The first-order chi connectivity index (χ1) is 11.5. The first-order valence-electron chi connectivity index (χ1n) is 8.63. The summed E-state index contributed by atoms with van der Waals surface area (Å²) in [5.41, 5.74) is 0.997. The molecule has 1 aromatic carbocycles. The van der Waals surface area contributed by atoms with E-state index in [2.05, 4.69) is 29.4 Å². The number of halogens is 1. The van der Waals surface area contributed by atoms with Crippen molar-refractivity contribution in [2.45, 2.75) is 26.4 Å². The molecule has 134 valence electrons. The molecule has 1 aliphatic heterocycles. The molecule has 0 saturated carbocycles. The van der Waals surface area contributed by atoms with E-state index in [4.69, 9.17) is 4.74 Å². The topological polar surface area (TPSA) is 53.6 Å². The van der Waals surface area contributed by atoms with E-state index in [1.807, 2.05) is 0 Å². The van der Waals surface area contributed by atoms with E-state index in [-0.39, 0.29) is 18.0 Å². The average Bonchev–Trinajstić information content (AvgIpc) is 2.54. The Morgan fingerprint density at radius 3 is 2.79 bits per heavy atom. The maximum atomic E-state index is 12.8. The SMILES string of the molecule is CC(C)CN1CCOC(CNC(=O)NCCc2ccc(F)cc2)C1. The Hall–Kier alpha value is -1.66. The maximum Gasteiger partial charge on any atom is 0.314 e. The molecule has 1 aliphatic rings. The molecule has 1 atom stereocenters. The standard InChI is InChI=1S/C18H28FN3O2/c1-14(2)12-22-9-10-24-17(13-22)11-21-18(23)20-8-7-15-3-5-16(19)6-4-15/h3-6,14,17H,7-13H2,1-2H3,(H2,20,21,23). The summed E-state index contributed by atoms with van der Waals surface area (Å²) in [5, 5.41) is 5.68. The van der Waals surface area contributed by atoms with E-state index >= 15 is 0 Å². The summed E-state index contributed by atoms with van der Waals surface area (Å²) in [5.74, 6) is 0.384. The molecule has 2 rings (SSSR count). The maximum absolute atomic E-state index is 12.8. The molecule has 2 amide bonds. The fraction of sp³-hybridized carbons (Fsp3) is 0.611. The number of nitrogens with one attached hydrogen (secondary N) is 2. The Balaban J connectivity index is 1.61. The number of benzene rings is 1. The number of nitrogens with zero attached hydrogens (tertiary/aromatic N) is 1. The van der Waals surface area contributed by atoms with Gasteiger partial charge in [-0.1, -0.05) is 26.0 Å². The minimum absolute atomic E-state index is 0.0420. The number of carbonyl (C=O) groups excluding carboxylic acids is 1. The lowest BCUT2D eigenvalue weighted by molar-refractivity contribution is -0.0290. The monoisotopic (exact) mass is 337 g/mol. The van der Waals surface area contributed by atoms with Gasteiger partial charge in [-0.3, -0.25) is 4.90 Å². The third-order valence-corrected chi connectivity index (χ3v) is 3.95. The molecule has 2 N–H and O–H groups in total. The molecule has 0 aliphatic carbocycles. The largest absolute Gasteiger partial charge is 0.374 e. The predicted octanol–water partition coefficient (Wildman–Crippen LogP) is 2.02. The van der Waals surface area contributed by atoms with E-state index in [0.29, 0.717) is 32.0 Å². The average molecular weight is 337 g/mol. The van der Waals surface area contributed by atoms with Crippen LogP contribution in [0.25, 0.3) is 0 Å². The van der Waals surface area contributed by atoms with Crippen LogP contribution in [0.4, 0.5) is 9.18 Å². The van der Waals surface area contributed by atoms with Crippen LogP contribution in [-0.2, 0) is 11.2 Å². The fourth-order valence-electron chi connectivity index (χ4n) is 2.83. The van der Waals surface area contributed by atoms with Crippen LogP contribution < -0.4 is 10.6 Å². The van der Waals surface area contributed by atoms with Crippen LogP contribution in [0, 0.1) is 11.7 Å². The minimum atomic E-state index is -0.247. The van der Waals surface area contributed by atoms with Gasteiger partial charge >= 0.3 is 6.03 Å². The van der Waals surface area contributed by atoms with Gasteiger partial charge < -0.3 is 15.4 Å². The van der Waals surface area contributed by atoms with Crippen molar-refractivity contribution in [1.29, 1.82) is 0 Å². The van der Waals surface area contributed by atoms with Gasteiger partial charge in [0.25, 0.3) is 0 Å². The van der Waals surface area contributed by atoms with E-state index in [0.717, 1.165) is 25.2 Å². The Kier molecular flexibility index (Phi) is 7.46. The Labute approximate surface area is 143 Å². The highest BCUT2D eigenvalue weighted by atomic mass is 19.1. The van der Waals surface area contributed by atoms with Gasteiger partial charge in [-0.2, -0.15) is 0 Å². The van der Waals surface area contributed by atoms with Crippen molar-refractivity contribution in [1.82, 2.24) is 15.5 Å². The number of ether oxygens (including phenoxy) is 1. The van der Waals surface area contributed by atoms with Crippen molar-refractivity contribution in [3.63, 3.8) is 0 Å². The minimum Gasteiger partial charge on any atom is -0.374 e. The molecule has 1 heterocycles. The van der Waals surface area contributed by atoms with Gasteiger partial charge in [-0.25, -0.2) is 9.18 Å². The number of carbonyl (C=O) groups is 1. The van der Waals surface area contributed by atoms with Crippen molar-refractivity contribution in [2.75, 3.05) is 39.3 Å². The zero-order chi connectivity index (χ0) is 17.4. The highest BCUT2D eigenvalue weighted by Crippen LogP contribution is 2.07. The van der Waals surface area contributed by atoms with Crippen molar-refractivity contribution in [2.24, 2.45) is 5.92 Å². The van der Waals surface area contributed by atoms with E-state index in [1.165, 1.54) is 12.1 Å². The van der Waals surface area contributed by atoms with Crippen molar-refractivity contribution in [3.8, 4) is 0 Å². The number of amides is 2. The lowest BCUT2D eigenvalue weighted by atomic mass is 10.1. The summed E-state index contributed by atoms with van der Waals surface area (Å²) >= 11 is 0. The van der Waals surface area contributed by atoms with Crippen LogP contribution in [0.1, 0.15) is 19.4 Å². The van der Waals surface area contributed by atoms with Crippen LogP contribution in [0.15, 0.2) is 24.3 Å². The third kappa shape index (κ3) is 6.84. The molecule has 5 nitrogen and oxygen atoms in total. The van der Waals surface area contributed by atoms with Crippen LogP contribution in [0.2, 0.25) is 0 Å². The fourth-order valence-corrected chi connectivity index (χ4v) is 2.83. The van der Waals surface area contributed by atoms with Gasteiger partial charge in [0.05, 0.1) is 12.7 Å². The van der Waals surface area contributed by atoms with E-state index in [1.54, 1.807) is 12.1 Å². The van der Waals surface area contributed by atoms with Gasteiger partial charge in [-0.05, 0) is 30.0 Å². The van der Waals surface area contributed by atoms with Crippen LogP contribution in [0.3, 0.4) is 0 Å². The van der Waals surface area contributed by atoms with Gasteiger partial charge in [-0.15, -0.1) is 0 Å². The summed E-state index contributed by atoms with van der Waals surface area (Å²) in [6.07, 6.45) is 0.718. The zero-order valence-electron chi connectivity index (χ0n) is 14.6. The summed E-state index contributed by atoms with van der Waals surface area (Å²) in [6.45, 7) is 9.02. The summed E-state index contributed by atoms with van der Waals surface area (Å²) < 4.78 is 18.5. The van der Waals surface area contributed by atoms with E-state index in [9.17, 15) is 9.18 Å². The number of urea groups is 1. The van der Waals surface area contributed by atoms with Crippen molar-refractivity contribution < 1.29 is 13.9 Å². The first kappa shape index (κ1) is 18.7. The highest BCUT2D eigenvalue weighted by Gasteiger charge is 2.21. The molecular formula is C18H28FN3O2. The quantitative estimate of drug-likeness (QED) is 0.800. The molecule has 0 aromatic heterocycles. The summed E-state index contributed by atoms with van der Waals surface area (Å²) in [7, 11) is 0. The molecule has 24 heavy (non-hydrogen) atoms. The number of hydrogen-bond acceptors (Lipinski definition) is 3. The van der Waals surface area contributed by atoms with Crippen molar-refractivity contribution in [3.05, 3.63) is 35.6 Å². The number of rotatable bonds is 7. The van der Waals surface area contributed by atoms with Gasteiger partial charge in [0.1, 0.15) is 5.82 Å². The second-order valence-electron chi connectivity index (χ2n) is 6.66. The Morgan fingerprint density at radius 2 is 2.08 bits per heavy atom. The lowest BCUT2D eigenvalue weighted by Crippen LogP contribution is -2.49. The molecule has 1 fully saturated rings. The van der Waals surface area contributed by atoms with Gasteiger partial charge in [0.15, 0.2) is 0 Å². The Morgan fingerprint density at radius 1 is 1.33 bits per heavy atom. The molecule has 0 bridgehead atoms. The van der Waals surface area contributed by atoms with Gasteiger partial charge in [0, 0.05) is 32.7 Å². The van der Waals surface area contributed by atoms with E-state index < -0.39 is 0 Å². The molecular weight excluding hydrogens is 309 g/mol. The lowest BCUT2D eigenvalue weighted by Gasteiger charge is -2.33. The zero-order valence-corrected chi connectivity index (χ0v) is 14.6. The third-order valence-electron chi connectivity index (χ3n) is 3.95. The molecule has 1 saturated heterocycles. The highest BCUT2D eigenvalue weighted by molar-refractivity contribution is 5.73. The first-order valence-corrected chi connectivity index (χ1v) is 8.63. The summed E-state index contributed by atoms with van der Waals surface area (Å²) in [6, 6.07) is 6.13. The normalized spacial score (nSPS) is 18.6. The second-order valence-corrected chi connectivity index (χ2v) is 6.66.